The van der Waals surface area contributed by atoms with Gasteiger partial charge >= 0.3 is 0 Å². The zero-order valence-electron chi connectivity index (χ0n) is 22.0. The minimum absolute atomic E-state index is 0.184. The maximum Gasteiger partial charge on any atom is 0.278 e. The molecule has 2 N–H and O–H groups in total. The van der Waals surface area contributed by atoms with Crippen LogP contribution >= 0.6 is 0 Å². The SMILES string of the molecule is C=CCn1c(=O)c2cnc(Nc3ccc(N4CCN(C)CC4)cc3)nc2n1C1CC=C2CCC(C)(O)C2=N1. The summed E-state index contributed by atoms with van der Waals surface area (Å²) in [5, 5.41) is 14.6. The Labute approximate surface area is 221 Å². The number of anilines is 3. The molecule has 10 heteroatoms. The molecule has 6 rings (SSSR count). The number of piperazine rings is 1. The number of aliphatic hydroxyl groups is 1. The summed E-state index contributed by atoms with van der Waals surface area (Å²) in [6.07, 6.45) is 7.09. The van der Waals surface area contributed by atoms with E-state index in [1.54, 1.807) is 23.9 Å². The molecule has 2 aliphatic heterocycles. The van der Waals surface area contributed by atoms with E-state index in [0.717, 1.165) is 43.9 Å². The molecule has 2 atom stereocenters. The Hall–Kier alpha value is -3.76. The number of fused-ring (bicyclic) bond motifs is 2. The summed E-state index contributed by atoms with van der Waals surface area (Å²) < 4.78 is 3.44. The molecule has 1 aliphatic carbocycles. The van der Waals surface area contributed by atoms with Gasteiger partial charge in [-0.15, -0.1) is 6.58 Å². The minimum Gasteiger partial charge on any atom is -0.384 e. The normalized spacial score (nSPS) is 23.8. The van der Waals surface area contributed by atoms with E-state index in [0.29, 0.717) is 42.1 Å². The van der Waals surface area contributed by atoms with Gasteiger partial charge in [0.15, 0.2) is 5.65 Å². The van der Waals surface area contributed by atoms with Crippen LogP contribution in [-0.4, -0.2) is 73.9 Å². The van der Waals surface area contributed by atoms with Crippen LogP contribution in [0.3, 0.4) is 0 Å². The summed E-state index contributed by atoms with van der Waals surface area (Å²) in [7, 11) is 2.15. The van der Waals surface area contributed by atoms with Gasteiger partial charge in [0.1, 0.15) is 17.2 Å². The van der Waals surface area contributed by atoms with Crippen LogP contribution in [-0.2, 0) is 6.54 Å². The molecule has 3 aliphatic rings. The smallest absolute Gasteiger partial charge is 0.278 e. The lowest BCUT2D eigenvalue weighted by atomic mass is 10.00. The van der Waals surface area contributed by atoms with E-state index in [1.807, 2.05) is 16.8 Å². The first-order chi connectivity index (χ1) is 18.3. The second-order valence-electron chi connectivity index (χ2n) is 10.6. The Morgan fingerprint density at radius 1 is 1.21 bits per heavy atom. The first-order valence-corrected chi connectivity index (χ1v) is 13.2. The molecule has 0 spiro atoms. The van der Waals surface area contributed by atoms with E-state index in [9.17, 15) is 9.90 Å². The first kappa shape index (κ1) is 24.6. The summed E-state index contributed by atoms with van der Waals surface area (Å²) >= 11 is 0. The number of likely N-dealkylation sites (N-methyl/N-ethyl adjacent to an activating group) is 1. The van der Waals surface area contributed by atoms with Crippen molar-refractivity contribution < 1.29 is 5.11 Å². The van der Waals surface area contributed by atoms with Gasteiger partial charge in [-0.05, 0) is 56.7 Å². The topological polar surface area (TPSA) is 104 Å². The standard InChI is InChI=1S/C28H34N8O2/c1-4-13-35-26(37)22-18-29-27(30-20-6-8-21(9-7-20)34-16-14-33(3)15-17-34)32-25(22)36(35)23-10-5-19-11-12-28(2,38)24(19)31-23/h4-9,18,23,38H,1,10-17H2,2-3H3,(H,29,30,32). The van der Waals surface area contributed by atoms with Gasteiger partial charge < -0.3 is 20.2 Å². The second-order valence-corrected chi connectivity index (χ2v) is 10.6. The van der Waals surface area contributed by atoms with Gasteiger partial charge in [-0.25, -0.2) is 14.3 Å². The average molecular weight is 515 g/mol. The van der Waals surface area contributed by atoms with Crippen molar-refractivity contribution in [3.05, 3.63) is 65.1 Å². The number of hydrogen-bond acceptors (Lipinski definition) is 8. The van der Waals surface area contributed by atoms with Crippen LogP contribution in [0.15, 0.2) is 64.6 Å². The van der Waals surface area contributed by atoms with Gasteiger partial charge in [0.2, 0.25) is 5.95 Å². The van der Waals surface area contributed by atoms with Crippen LogP contribution < -0.4 is 15.8 Å². The summed E-state index contributed by atoms with van der Waals surface area (Å²) in [6, 6.07) is 8.27. The average Bonchev–Trinajstić information content (AvgIpc) is 3.37. The Morgan fingerprint density at radius 3 is 2.71 bits per heavy atom. The lowest BCUT2D eigenvalue weighted by Gasteiger charge is -2.34. The summed E-state index contributed by atoms with van der Waals surface area (Å²) in [6.45, 7) is 10.1. The Kier molecular flexibility index (Phi) is 6.16. The van der Waals surface area contributed by atoms with Crippen LogP contribution in [0.1, 0.15) is 32.4 Å². The predicted molar refractivity (Wildman–Crippen MR) is 150 cm³/mol. The Morgan fingerprint density at radius 2 is 1.97 bits per heavy atom. The second kappa shape index (κ2) is 9.52. The molecular weight excluding hydrogens is 480 g/mol. The molecule has 2 fully saturated rings. The summed E-state index contributed by atoms with van der Waals surface area (Å²) in [5.74, 6) is 0.405. The highest BCUT2D eigenvalue weighted by molar-refractivity contribution is 6.08. The molecule has 1 saturated heterocycles. The molecule has 2 aromatic heterocycles. The van der Waals surface area contributed by atoms with Crippen molar-refractivity contribution in [1.29, 1.82) is 0 Å². The number of allylic oxidation sites excluding steroid dienone is 1. The molecule has 3 aromatic rings. The third-order valence-electron chi connectivity index (χ3n) is 7.84. The number of nitrogens with one attached hydrogen (secondary N) is 1. The molecule has 38 heavy (non-hydrogen) atoms. The van der Waals surface area contributed by atoms with E-state index in [-0.39, 0.29) is 5.56 Å². The number of dihydropyridines is 1. The molecule has 0 bridgehead atoms. The minimum atomic E-state index is -0.963. The van der Waals surface area contributed by atoms with Crippen molar-refractivity contribution in [1.82, 2.24) is 24.2 Å². The van der Waals surface area contributed by atoms with Crippen molar-refractivity contribution in [2.45, 2.75) is 44.5 Å². The van der Waals surface area contributed by atoms with Crippen LogP contribution in [0.4, 0.5) is 17.3 Å². The molecule has 1 aromatic carbocycles. The monoisotopic (exact) mass is 514 g/mol. The lowest BCUT2D eigenvalue weighted by Crippen LogP contribution is -2.44. The number of aromatic nitrogens is 4. The number of aliphatic imine (C=N–C) groups is 1. The van der Waals surface area contributed by atoms with Crippen LogP contribution in [0.5, 0.6) is 0 Å². The van der Waals surface area contributed by atoms with Gasteiger partial charge in [0.05, 0.1) is 12.3 Å². The van der Waals surface area contributed by atoms with Crippen molar-refractivity contribution in [2.24, 2.45) is 4.99 Å². The Balaban J connectivity index is 1.32. The number of hydrogen-bond donors (Lipinski definition) is 2. The van der Waals surface area contributed by atoms with Crippen LogP contribution in [0.2, 0.25) is 0 Å². The van der Waals surface area contributed by atoms with E-state index < -0.39 is 11.8 Å². The first-order valence-electron chi connectivity index (χ1n) is 13.2. The van der Waals surface area contributed by atoms with Gasteiger partial charge in [0.25, 0.3) is 5.56 Å². The van der Waals surface area contributed by atoms with Crippen molar-refractivity contribution >= 4 is 34.1 Å². The van der Waals surface area contributed by atoms with E-state index in [1.165, 1.54) is 5.69 Å². The van der Waals surface area contributed by atoms with Gasteiger partial charge in [0, 0.05) is 50.2 Å². The van der Waals surface area contributed by atoms with Crippen molar-refractivity contribution in [3.63, 3.8) is 0 Å². The van der Waals surface area contributed by atoms with Crippen LogP contribution in [0, 0.1) is 0 Å². The van der Waals surface area contributed by atoms with Crippen molar-refractivity contribution in [2.75, 3.05) is 43.4 Å². The maximum absolute atomic E-state index is 13.3. The molecule has 2 unspecified atom stereocenters. The zero-order chi connectivity index (χ0) is 26.4. The number of benzene rings is 1. The fraction of sp³-hybridized carbons (Fsp3) is 0.429. The van der Waals surface area contributed by atoms with E-state index >= 15 is 0 Å². The zero-order valence-corrected chi connectivity index (χ0v) is 22.0. The molecule has 0 radical (unpaired) electrons. The highest BCUT2D eigenvalue weighted by Gasteiger charge is 2.39. The van der Waals surface area contributed by atoms with Gasteiger partial charge in [-0.1, -0.05) is 12.2 Å². The lowest BCUT2D eigenvalue weighted by molar-refractivity contribution is 0.133. The Bertz CT molecular complexity index is 1490. The van der Waals surface area contributed by atoms with Crippen LogP contribution in [0.25, 0.3) is 11.0 Å². The number of nitrogens with zero attached hydrogens (tertiary/aromatic N) is 7. The maximum atomic E-state index is 13.3. The highest BCUT2D eigenvalue weighted by Crippen LogP contribution is 2.37. The van der Waals surface area contributed by atoms with E-state index in [4.69, 9.17) is 9.98 Å². The van der Waals surface area contributed by atoms with Gasteiger partial charge in [-0.2, -0.15) is 4.98 Å². The summed E-state index contributed by atoms with van der Waals surface area (Å²) in [5.41, 5.74) is 3.23. The number of rotatable bonds is 6. The molecule has 0 amide bonds. The quantitative estimate of drug-likeness (QED) is 0.487. The molecular formula is C28H34N8O2. The van der Waals surface area contributed by atoms with E-state index in [2.05, 4.69) is 51.9 Å². The predicted octanol–water partition coefficient (Wildman–Crippen LogP) is 3.09. The molecule has 4 heterocycles. The molecule has 198 valence electrons. The third kappa shape index (κ3) is 4.33. The fourth-order valence-electron chi connectivity index (χ4n) is 5.64. The fourth-order valence-corrected chi connectivity index (χ4v) is 5.64. The highest BCUT2D eigenvalue weighted by atomic mass is 16.3. The summed E-state index contributed by atoms with van der Waals surface area (Å²) in [4.78, 5) is 32.2. The third-order valence-corrected chi connectivity index (χ3v) is 7.84. The molecule has 1 saturated carbocycles. The van der Waals surface area contributed by atoms with Gasteiger partial charge in [-0.3, -0.25) is 9.79 Å². The molecule has 10 nitrogen and oxygen atoms in total. The largest absolute Gasteiger partial charge is 0.384 e. The van der Waals surface area contributed by atoms with Crippen molar-refractivity contribution in [3.8, 4) is 0 Å².